The Kier molecular flexibility index (Phi) is 6.45. The van der Waals surface area contributed by atoms with E-state index < -0.39 is 0 Å². The van der Waals surface area contributed by atoms with Gasteiger partial charge >= 0.3 is 0 Å². The van der Waals surface area contributed by atoms with E-state index in [4.69, 9.17) is 11.6 Å². The predicted octanol–water partition coefficient (Wildman–Crippen LogP) is 4.07. The number of nitrogens with one attached hydrogen (secondary N) is 1. The average molecular weight is 386 g/mol. The van der Waals surface area contributed by atoms with Gasteiger partial charge in [-0.2, -0.15) is 0 Å². The molecule has 1 N–H and O–H groups in total. The molecule has 0 spiro atoms. The molecule has 27 heavy (non-hydrogen) atoms. The number of nitrogens with zero attached hydrogens (tertiary/aromatic N) is 2. The van der Waals surface area contributed by atoms with E-state index in [2.05, 4.69) is 17.2 Å². The van der Waals surface area contributed by atoms with Gasteiger partial charge in [-0.15, -0.1) is 0 Å². The molecule has 142 valence electrons. The van der Waals surface area contributed by atoms with Crippen LogP contribution in [0.25, 0.3) is 0 Å². The first-order chi connectivity index (χ1) is 13.1. The molecule has 3 rings (SSSR count). The number of carbonyl (C=O) groups excluding carboxylic acids is 2. The third-order valence-corrected chi connectivity index (χ3v) is 5.22. The number of halogens is 1. The predicted molar refractivity (Wildman–Crippen MR) is 106 cm³/mol. The van der Waals surface area contributed by atoms with Crippen LogP contribution in [-0.2, 0) is 6.54 Å². The highest BCUT2D eigenvalue weighted by Crippen LogP contribution is 2.22. The lowest BCUT2D eigenvalue weighted by Crippen LogP contribution is -2.43. The highest BCUT2D eigenvalue weighted by molar-refractivity contribution is 6.30. The van der Waals surface area contributed by atoms with Gasteiger partial charge in [0.25, 0.3) is 11.8 Å². The van der Waals surface area contributed by atoms with Crippen molar-refractivity contribution in [3.8, 4) is 0 Å². The summed E-state index contributed by atoms with van der Waals surface area (Å²) >= 11 is 5.87. The topological polar surface area (TPSA) is 62.3 Å². The van der Waals surface area contributed by atoms with E-state index in [1.165, 1.54) is 6.20 Å². The fraction of sp³-hybridized carbons (Fsp3) is 0.381. The second kappa shape index (κ2) is 9.00. The molecule has 2 amide bonds. The molecule has 1 aliphatic heterocycles. The third kappa shape index (κ3) is 4.86. The second-order valence-electron chi connectivity index (χ2n) is 6.80. The number of carbonyl (C=O) groups is 2. The number of aromatic nitrogens is 1. The Balaban J connectivity index is 1.67. The molecule has 6 heteroatoms. The van der Waals surface area contributed by atoms with E-state index in [-0.39, 0.29) is 23.6 Å². The van der Waals surface area contributed by atoms with Crippen LogP contribution < -0.4 is 5.32 Å². The van der Waals surface area contributed by atoms with Crippen LogP contribution in [0.4, 0.5) is 0 Å². The van der Waals surface area contributed by atoms with Gasteiger partial charge in [-0.25, -0.2) is 0 Å². The molecular weight excluding hydrogens is 362 g/mol. The Morgan fingerprint density at radius 3 is 2.74 bits per heavy atom. The molecule has 5 nitrogen and oxygen atoms in total. The zero-order valence-corrected chi connectivity index (χ0v) is 16.2. The van der Waals surface area contributed by atoms with Gasteiger partial charge in [0.1, 0.15) is 5.69 Å². The molecule has 1 aromatic heterocycles. The largest absolute Gasteiger partial charge is 0.347 e. The van der Waals surface area contributed by atoms with E-state index in [1.807, 2.05) is 17.0 Å². The first kappa shape index (κ1) is 19.4. The first-order valence-electron chi connectivity index (χ1n) is 9.38. The van der Waals surface area contributed by atoms with Gasteiger partial charge in [-0.05, 0) is 55.5 Å². The Bertz CT molecular complexity index is 807. The van der Waals surface area contributed by atoms with Crippen molar-refractivity contribution in [1.82, 2.24) is 15.2 Å². The maximum Gasteiger partial charge on any atom is 0.270 e. The summed E-state index contributed by atoms with van der Waals surface area (Å²) in [6, 6.07) is 10.8. The average Bonchev–Trinajstić information content (AvgIpc) is 2.72. The third-order valence-electron chi connectivity index (χ3n) is 4.97. The molecule has 2 heterocycles. The molecule has 0 bridgehead atoms. The van der Waals surface area contributed by atoms with Gasteiger partial charge < -0.3 is 10.2 Å². The number of amides is 2. The van der Waals surface area contributed by atoms with Gasteiger partial charge in [0.05, 0.1) is 0 Å². The van der Waals surface area contributed by atoms with Gasteiger partial charge in [0.2, 0.25) is 0 Å². The number of hydrogen-bond acceptors (Lipinski definition) is 3. The lowest BCUT2D eigenvalue weighted by molar-refractivity contribution is 0.0608. The molecule has 1 saturated heterocycles. The summed E-state index contributed by atoms with van der Waals surface area (Å²) in [6.45, 7) is 3.26. The molecule has 0 radical (unpaired) electrons. The van der Waals surface area contributed by atoms with E-state index in [0.29, 0.717) is 17.1 Å². The van der Waals surface area contributed by atoms with E-state index in [1.54, 1.807) is 24.3 Å². The van der Waals surface area contributed by atoms with Crippen molar-refractivity contribution in [3.05, 3.63) is 64.4 Å². The van der Waals surface area contributed by atoms with Gasteiger partial charge in [-0.3, -0.25) is 14.6 Å². The fourth-order valence-corrected chi connectivity index (χ4v) is 3.55. The van der Waals surface area contributed by atoms with Crippen molar-refractivity contribution in [2.24, 2.45) is 0 Å². The number of pyridine rings is 1. The van der Waals surface area contributed by atoms with Crippen molar-refractivity contribution in [2.45, 2.75) is 45.2 Å². The minimum atomic E-state index is -0.301. The SMILES string of the molecule is CCC1CCCCN1C(=O)c1ccnc(C(=O)NCc2ccc(Cl)cc2)c1. The lowest BCUT2D eigenvalue weighted by atomic mass is 9.99. The summed E-state index contributed by atoms with van der Waals surface area (Å²) in [5, 5.41) is 3.48. The Morgan fingerprint density at radius 2 is 2.00 bits per heavy atom. The summed E-state index contributed by atoms with van der Waals surface area (Å²) in [5.41, 5.74) is 1.71. The van der Waals surface area contributed by atoms with Gasteiger partial charge in [-0.1, -0.05) is 30.7 Å². The van der Waals surface area contributed by atoms with Crippen molar-refractivity contribution < 1.29 is 9.59 Å². The van der Waals surface area contributed by atoms with Crippen LogP contribution >= 0.6 is 11.6 Å². The maximum atomic E-state index is 12.9. The van der Waals surface area contributed by atoms with Crippen LogP contribution in [0, 0.1) is 0 Å². The smallest absolute Gasteiger partial charge is 0.270 e. The Hall–Kier alpha value is -2.40. The van der Waals surface area contributed by atoms with Crippen LogP contribution in [0.5, 0.6) is 0 Å². The summed E-state index contributed by atoms with van der Waals surface area (Å²) in [4.78, 5) is 31.4. The van der Waals surface area contributed by atoms with Crippen molar-refractivity contribution in [1.29, 1.82) is 0 Å². The Morgan fingerprint density at radius 1 is 1.22 bits per heavy atom. The first-order valence-corrected chi connectivity index (χ1v) is 9.76. The van der Waals surface area contributed by atoms with E-state index in [9.17, 15) is 9.59 Å². The highest BCUT2D eigenvalue weighted by atomic mass is 35.5. The number of likely N-dealkylation sites (tertiary alicyclic amines) is 1. The zero-order chi connectivity index (χ0) is 19.2. The van der Waals surface area contributed by atoms with Crippen LogP contribution in [0.3, 0.4) is 0 Å². The summed E-state index contributed by atoms with van der Waals surface area (Å²) < 4.78 is 0. The van der Waals surface area contributed by atoms with E-state index in [0.717, 1.165) is 37.8 Å². The fourth-order valence-electron chi connectivity index (χ4n) is 3.42. The molecular formula is C21H24ClN3O2. The number of piperidine rings is 1. The van der Waals surface area contributed by atoms with Crippen LogP contribution in [0.1, 0.15) is 59.0 Å². The summed E-state index contributed by atoms with van der Waals surface area (Å²) in [7, 11) is 0. The van der Waals surface area contributed by atoms with Crippen LogP contribution in [-0.4, -0.2) is 34.3 Å². The Labute approximate surface area is 164 Å². The number of benzene rings is 1. The molecule has 0 saturated carbocycles. The van der Waals surface area contributed by atoms with E-state index >= 15 is 0 Å². The minimum Gasteiger partial charge on any atom is -0.347 e. The van der Waals surface area contributed by atoms with Crippen LogP contribution in [0.15, 0.2) is 42.6 Å². The summed E-state index contributed by atoms with van der Waals surface area (Å²) in [6.07, 6.45) is 5.71. The molecule has 0 aliphatic carbocycles. The molecule has 2 aromatic rings. The molecule has 1 atom stereocenters. The zero-order valence-electron chi connectivity index (χ0n) is 15.5. The van der Waals surface area contributed by atoms with Crippen molar-refractivity contribution in [2.75, 3.05) is 6.54 Å². The van der Waals surface area contributed by atoms with Crippen molar-refractivity contribution >= 4 is 23.4 Å². The second-order valence-corrected chi connectivity index (χ2v) is 7.23. The maximum absolute atomic E-state index is 12.9. The number of rotatable bonds is 5. The molecule has 1 fully saturated rings. The number of hydrogen-bond donors (Lipinski definition) is 1. The minimum absolute atomic E-state index is 0.0179. The summed E-state index contributed by atoms with van der Waals surface area (Å²) in [5.74, 6) is -0.319. The van der Waals surface area contributed by atoms with Crippen molar-refractivity contribution in [3.63, 3.8) is 0 Å². The molecule has 1 unspecified atom stereocenters. The standard InChI is InChI=1S/C21H24ClN3O2/c1-2-18-5-3-4-12-25(18)21(27)16-10-11-23-19(13-16)20(26)24-14-15-6-8-17(22)9-7-15/h6-11,13,18H,2-5,12,14H2,1H3,(H,24,26). The van der Waals surface area contributed by atoms with Gasteiger partial charge in [0.15, 0.2) is 0 Å². The van der Waals surface area contributed by atoms with Crippen LogP contribution in [0.2, 0.25) is 5.02 Å². The monoisotopic (exact) mass is 385 g/mol. The molecule has 1 aromatic carbocycles. The lowest BCUT2D eigenvalue weighted by Gasteiger charge is -2.35. The molecule has 1 aliphatic rings. The van der Waals surface area contributed by atoms with Gasteiger partial charge in [0, 0.05) is 35.9 Å². The quantitative estimate of drug-likeness (QED) is 0.843. The normalized spacial score (nSPS) is 16.8. The highest BCUT2D eigenvalue weighted by Gasteiger charge is 2.26.